The van der Waals surface area contributed by atoms with Gasteiger partial charge in [0.2, 0.25) is 0 Å². The molecule has 0 bridgehead atoms. The van der Waals surface area contributed by atoms with Crippen LogP contribution in [0.2, 0.25) is 5.15 Å². The number of aromatic nitrogens is 1. The number of hydrogen-bond donors (Lipinski definition) is 0. The SMILES string of the molecule is N#CCc1cc(Cl)nc(-c2ccc(OC(F)(F)F)cc2)c1. The van der Waals surface area contributed by atoms with Gasteiger partial charge in [-0.15, -0.1) is 13.2 Å². The van der Waals surface area contributed by atoms with E-state index >= 15 is 0 Å². The van der Waals surface area contributed by atoms with Crippen LogP contribution in [0.4, 0.5) is 13.2 Å². The van der Waals surface area contributed by atoms with Gasteiger partial charge in [0.15, 0.2) is 0 Å². The molecular weight excluding hydrogens is 305 g/mol. The summed E-state index contributed by atoms with van der Waals surface area (Å²) in [7, 11) is 0. The minimum atomic E-state index is -4.73. The highest BCUT2D eigenvalue weighted by Crippen LogP contribution is 2.27. The zero-order chi connectivity index (χ0) is 15.5. The molecule has 0 saturated heterocycles. The van der Waals surface area contributed by atoms with Crippen LogP contribution in [0.1, 0.15) is 5.56 Å². The highest BCUT2D eigenvalue weighted by molar-refractivity contribution is 6.29. The van der Waals surface area contributed by atoms with Crippen molar-refractivity contribution < 1.29 is 17.9 Å². The lowest BCUT2D eigenvalue weighted by Crippen LogP contribution is -2.16. The first-order valence-electron chi connectivity index (χ1n) is 5.77. The first kappa shape index (κ1) is 15.1. The van der Waals surface area contributed by atoms with Crippen molar-refractivity contribution in [2.24, 2.45) is 0 Å². The van der Waals surface area contributed by atoms with Gasteiger partial charge in [-0.05, 0) is 42.0 Å². The monoisotopic (exact) mass is 312 g/mol. The smallest absolute Gasteiger partial charge is 0.406 e. The second kappa shape index (κ2) is 6.02. The topological polar surface area (TPSA) is 45.9 Å². The first-order chi connectivity index (χ1) is 9.87. The van der Waals surface area contributed by atoms with Crippen LogP contribution >= 0.6 is 11.6 Å². The molecule has 0 fully saturated rings. The van der Waals surface area contributed by atoms with Gasteiger partial charge in [0.1, 0.15) is 10.9 Å². The Kier molecular flexibility index (Phi) is 4.34. The van der Waals surface area contributed by atoms with E-state index in [-0.39, 0.29) is 17.3 Å². The van der Waals surface area contributed by atoms with Crippen molar-refractivity contribution in [3.63, 3.8) is 0 Å². The van der Waals surface area contributed by atoms with Gasteiger partial charge in [-0.25, -0.2) is 4.98 Å². The molecule has 1 heterocycles. The van der Waals surface area contributed by atoms with Crippen LogP contribution in [0, 0.1) is 11.3 Å². The van der Waals surface area contributed by atoms with Gasteiger partial charge in [-0.2, -0.15) is 5.26 Å². The predicted molar refractivity (Wildman–Crippen MR) is 70.7 cm³/mol. The van der Waals surface area contributed by atoms with Gasteiger partial charge >= 0.3 is 6.36 Å². The number of alkyl halides is 3. The maximum absolute atomic E-state index is 12.1. The number of ether oxygens (including phenoxy) is 1. The molecular formula is C14H8ClF3N2O. The van der Waals surface area contributed by atoms with Crippen molar-refractivity contribution in [2.75, 3.05) is 0 Å². The van der Waals surface area contributed by atoms with Crippen LogP contribution in [0.25, 0.3) is 11.3 Å². The number of rotatable bonds is 3. The lowest BCUT2D eigenvalue weighted by Gasteiger charge is -2.09. The van der Waals surface area contributed by atoms with Crippen molar-refractivity contribution >= 4 is 11.6 Å². The number of nitrogens with zero attached hydrogens (tertiary/aromatic N) is 2. The number of pyridine rings is 1. The second-order valence-electron chi connectivity index (χ2n) is 4.09. The molecule has 108 valence electrons. The van der Waals surface area contributed by atoms with E-state index in [9.17, 15) is 13.2 Å². The molecule has 0 N–H and O–H groups in total. The molecule has 1 aromatic carbocycles. The van der Waals surface area contributed by atoms with Crippen molar-refractivity contribution in [3.05, 3.63) is 47.1 Å². The van der Waals surface area contributed by atoms with E-state index in [0.717, 1.165) is 0 Å². The molecule has 7 heteroatoms. The zero-order valence-corrected chi connectivity index (χ0v) is 11.2. The molecule has 0 aliphatic heterocycles. The molecule has 0 saturated carbocycles. The molecule has 0 aliphatic carbocycles. The average Bonchev–Trinajstić information content (AvgIpc) is 2.37. The maximum Gasteiger partial charge on any atom is 0.573 e. The van der Waals surface area contributed by atoms with Crippen molar-refractivity contribution in [1.82, 2.24) is 4.98 Å². The first-order valence-corrected chi connectivity index (χ1v) is 6.15. The van der Waals surface area contributed by atoms with E-state index in [2.05, 4.69) is 9.72 Å². The molecule has 0 unspecified atom stereocenters. The van der Waals surface area contributed by atoms with E-state index in [4.69, 9.17) is 16.9 Å². The lowest BCUT2D eigenvalue weighted by atomic mass is 10.1. The van der Waals surface area contributed by atoms with Gasteiger partial charge in [0.05, 0.1) is 18.2 Å². The fourth-order valence-electron chi connectivity index (χ4n) is 1.72. The fraction of sp³-hybridized carbons (Fsp3) is 0.143. The maximum atomic E-state index is 12.1. The van der Waals surface area contributed by atoms with Crippen LogP contribution in [0.5, 0.6) is 5.75 Å². The Hall–Kier alpha value is -2.26. The third-order valence-electron chi connectivity index (χ3n) is 2.52. The molecule has 0 atom stereocenters. The minimum absolute atomic E-state index is 0.171. The average molecular weight is 313 g/mol. The van der Waals surface area contributed by atoms with Crippen molar-refractivity contribution in [2.45, 2.75) is 12.8 Å². The third kappa shape index (κ3) is 4.36. The third-order valence-corrected chi connectivity index (χ3v) is 2.71. The van der Waals surface area contributed by atoms with E-state index in [1.807, 2.05) is 6.07 Å². The number of nitriles is 1. The van der Waals surface area contributed by atoms with Crippen LogP contribution in [0.3, 0.4) is 0 Å². The van der Waals surface area contributed by atoms with Gasteiger partial charge < -0.3 is 4.74 Å². The summed E-state index contributed by atoms with van der Waals surface area (Å²) in [5.41, 5.74) is 1.74. The summed E-state index contributed by atoms with van der Waals surface area (Å²) in [6.45, 7) is 0. The van der Waals surface area contributed by atoms with Crippen LogP contribution in [-0.4, -0.2) is 11.3 Å². The predicted octanol–water partition coefficient (Wildman–Crippen LogP) is 4.37. The van der Waals surface area contributed by atoms with E-state index < -0.39 is 6.36 Å². The standard InChI is InChI=1S/C14H8ClF3N2O/c15-13-8-9(5-6-19)7-12(20-13)10-1-3-11(4-2-10)21-14(16,17)18/h1-4,7-8H,5H2. The quantitative estimate of drug-likeness (QED) is 0.791. The van der Waals surface area contributed by atoms with Crippen LogP contribution < -0.4 is 4.74 Å². The van der Waals surface area contributed by atoms with Gasteiger partial charge in [0, 0.05) is 5.56 Å². The molecule has 0 radical (unpaired) electrons. The van der Waals surface area contributed by atoms with E-state index in [1.54, 1.807) is 12.1 Å². The molecule has 1 aromatic heterocycles. The van der Waals surface area contributed by atoms with Crippen molar-refractivity contribution in [1.29, 1.82) is 5.26 Å². The van der Waals surface area contributed by atoms with Gasteiger partial charge in [-0.1, -0.05) is 11.6 Å². The summed E-state index contributed by atoms with van der Waals surface area (Å²) in [4.78, 5) is 4.08. The number of halogens is 4. The Morgan fingerprint density at radius 2 is 1.86 bits per heavy atom. The fourth-order valence-corrected chi connectivity index (χ4v) is 1.95. The molecule has 2 rings (SSSR count). The minimum Gasteiger partial charge on any atom is -0.406 e. The number of benzene rings is 1. The molecule has 21 heavy (non-hydrogen) atoms. The molecule has 3 nitrogen and oxygen atoms in total. The zero-order valence-electron chi connectivity index (χ0n) is 10.5. The van der Waals surface area contributed by atoms with Crippen LogP contribution in [-0.2, 0) is 6.42 Å². The Morgan fingerprint density at radius 3 is 2.43 bits per heavy atom. The molecule has 2 aromatic rings. The van der Waals surface area contributed by atoms with Crippen molar-refractivity contribution in [3.8, 4) is 23.1 Å². The summed E-state index contributed by atoms with van der Waals surface area (Å²) in [5.74, 6) is -0.314. The summed E-state index contributed by atoms with van der Waals surface area (Å²) in [6, 6.07) is 10.5. The van der Waals surface area contributed by atoms with Gasteiger partial charge in [0.25, 0.3) is 0 Å². The van der Waals surface area contributed by atoms with Gasteiger partial charge in [-0.3, -0.25) is 0 Å². The van der Waals surface area contributed by atoms with E-state index in [1.165, 1.54) is 24.3 Å². The largest absolute Gasteiger partial charge is 0.573 e. The number of hydrogen-bond acceptors (Lipinski definition) is 3. The summed E-state index contributed by atoms with van der Waals surface area (Å²) < 4.78 is 40.0. The summed E-state index contributed by atoms with van der Waals surface area (Å²) >= 11 is 5.86. The van der Waals surface area contributed by atoms with Crippen LogP contribution in [0.15, 0.2) is 36.4 Å². The lowest BCUT2D eigenvalue weighted by molar-refractivity contribution is -0.274. The molecule has 0 amide bonds. The Balaban J connectivity index is 2.28. The Morgan fingerprint density at radius 1 is 1.19 bits per heavy atom. The summed E-state index contributed by atoms with van der Waals surface area (Å²) in [6.07, 6.45) is -4.56. The Labute approximate surface area is 123 Å². The Bertz CT molecular complexity index is 678. The normalized spacial score (nSPS) is 11.0. The second-order valence-corrected chi connectivity index (χ2v) is 4.48. The highest BCUT2D eigenvalue weighted by Gasteiger charge is 2.30. The molecule has 0 spiro atoms. The molecule has 0 aliphatic rings. The summed E-state index contributed by atoms with van der Waals surface area (Å²) in [5, 5.41) is 8.90. The van der Waals surface area contributed by atoms with E-state index in [0.29, 0.717) is 16.8 Å². The highest BCUT2D eigenvalue weighted by atomic mass is 35.5.